The molecule has 0 fully saturated rings. The average Bonchev–Trinajstić information content (AvgIpc) is 2.23. The Balaban J connectivity index is 2.81. The van der Waals surface area contributed by atoms with Crippen molar-refractivity contribution in [2.75, 3.05) is 0 Å². The van der Waals surface area contributed by atoms with E-state index in [1.165, 1.54) is 6.07 Å². The first-order chi connectivity index (χ1) is 6.83. The second kappa shape index (κ2) is 3.46. The van der Waals surface area contributed by atoms with Gasteiger partial charge in [-0.25, -0.2) is 0 Å². The van der Waals surface area contributed by atoms with Crippen LogP contribution in [0.15, 0.2) is 41.3 Å². The number of hydrogen-bond acceptors (Lipinski definition) is 2. The molecule has 69 valence electrons. The highest BCUT2D eigenvalue weighted by Crippen LogP contribution is 2.08. The Bertz CT molecular complexity index is 528. The highest BCUT2D eigenvalue weighted by molar-refractivity contribution is 5.79. The lowest BCUT2D eigenvalue weighted by atomic mass is 10.2. The Morgan fingerprint density at radius 2 is 2.00 bits per heavy atom. The quantitative estimate of drug-likeness (QED) is 0.704. The molecule has 1 radical (unpaired) electrons. The van der Waals surface area contributed by atoms with Gasteiger partial charge >= 0.3 is 0 Å². The lowest BCUT2D eigenvalue weighted by Gasteiger charge is -2.05. The molecule has 0 amide bonds. The number of aromatic nitrogens is 1. The van der Waals surface area contributed by atoms with Gasteiger partial charge in [0.15, 0.2) is 5.43 Å². The predicted molar refractivity (Wildman–Crippen MR) is 53.9 cm³/mol. The SMILES string of the molecule is O=[C]Cn1ccc(=O)c2ccccc21. The van der Waals surface area contributed by atoms with Gasteiger partial charge in [0.1, 0.15) is 0 Å². The molecular weight excluding hydrogens is 178 g/mol. The first-order valence-electron chi connectivity index (χ1n) is 4.26. The normalized spacial score (nSPS) is 10.3. The smallest absolute Gasteiger partial charge is 0.219 e. The third-order valence-corrected chi connectivity index (χ3v) is 2.12. The molecule has 1 aromatic heterocycles. The van der Waals surface area contributed by atoms with E-state index in [0.29, 0.717) is 5.39 Å². The zero-order chi connectivity index (χ0) is 9.97. The molecule has 14 heavy (non-hydrogen) atoms. The van der Waals surface area contributed by atoms with E-state index >= 15 is 0 Å². The highest BCUT2D eigenvalue weighted by Gasteiger charge is 2.00. The molecule has 0 atom stereocenters. The minimum atomic E-state index is -0.0252. The van der Waals surface area contributed by atoms with E-state index in [9.17, 15) is 9.59 Å². The summed E-state index contributed by atoms with van der Waals surface area (Å²) in [7, 11) is 0. The van der Waals surface area contributed by atoms with Gasteiger partial charge in [0, 0.05) is 17.6 Å². The van der Waals surface area contributed by atoms with Crippen molar-refractivity contribution in [3.8, 4) is 0 Å². The average molecular weight is 186 g/mol. The van der Waals surface area contributed by atoms with Gasteiger partial charge in [-0.15, -0.1) is 0 Å². The fourth-order valence-electron chi connectivity index (χ4n) is 1.47. The lowest BCUT2D eigenvalue weighted by Crippen LogP contribution is -2.08. The van der Waals surface area contributed by atoms with E-state index in [1.807, 2.05) is 12.1 Å². The van der Waals surface area contributed by atoms with E-state index in [0.717, 1.165) is 5.52 Å². The zero-order valence-corrected chi connectivity index (χ0v) is 7.43. The summed E-state index contributed by atoms with van der Waals surface area (Å²) in [5.74, 6) is 0. The topological polar surface area (TPSA) is 39.1 Å². The van der Waals surface area contributed by atoms with Crippen LogP contribution in [0, 0.1) is 0 Å². The number of nitrogens with zero attached hydrogens (tertiary/aromatic N) is 1. The molecule has 3 nitrogen and oxygen atoms in total. The van der Waals surface area contributed by atoms with Crippen molar-refractivity contribution >= 4 is 17.2 Å². The summed E-state index contributed by atoms with van der Waals surface area (Å²) in [6, 6.07) is 8.66. The first-order valence-corrected chi connectivity index (χ1v) is 4.26. The molecule has 2 aromatic rings. The van der Waals surface area contributed by atoms with Gasteiger partial charge in [0.25, 0.3) is 0 Å². The molecule has 3 heteroatoms. The van der Waals surface area contributed by atoms with Crippen molar-refractivity contribution in [3.63, 3.8) is 0 Å². The number of carbonyl (C=O) groups excluding carboxylic acids is 1. The van der Waals surface area contributed by atoms with Crippen molar-refractivity contribution in [1.82, 2.24) is 4.57 Å². The molecule has 0 aliphatic carbocycles. The summed E-state index contributed by atoms with van der Waals surface area (Å²) in [4.78, 5) is 21.7. The third kappa shape index (κ3) is 1.33. The van der Waals surface area contributed by atoms with Gasteiger partial charge in [-0.3, -0.25) is 9.59 Å². The molecule has 1 heterocycles. The number of pyridine rings is 1. The minimum Gasteiger partial charge on any atom is -0.339 e. The van der Waals surface area contributed by atoms with Gasteiger partial charge in [-0.2, -0.15) is 0 Å². The number of para-hydroxylation sites is 1. The molecule has 0 aliphatic rings. The number of hydrogen-bond donors (Lipinski definition) is 0. The third-order valence-electron chi connectivity index (χ3n) is 2.12. The maximum absolute atomic E-state index is 11.4. The highest BCUT2D eigenvalue weighted by atomic mass is 16.1. The van der Waals surface area contributed by atoms with Gasteiger partial charge in [0.2, 0.25) is 6.29 Å². The predicted octanol–water partition coefficient (Wildman–Crippen LogP) is 1.11. The Morgan fingerprint density at radius 3 is 2.79 bits per heavy atom. The van der Waals surface area contributed by atoms with E-state index in [-0.39, 0.29) is 12.0 Å². The van der Waals surface area contributed by atoms with Crippen LogP contribution in [-0.4, -0.2) is 10.9 Å². The van der Waals surface area contributed by atoms with Crippen molar-refractivity contribution in [2.24, 2.45) is 0 Å². The van der Waals surface area contributed by atoms with Crippen molar-refractivity contribution in [3.05, 3.63) is 46.8 Å². The number of benzene rings is 1. The second-order valence-electron chi connectivity index (χ2n) is 2.97. The molecular formula is C11H8NO2. The molecule has 1 aromatic carbocycles. The van der Waals surface area contributed by atoms with Crippen LogP contribution in [0.25, 0.3) is 10.9 Å². The molecule has 2 rings (SSSR count). The summed E-state index contributed by atoms with van der Waals surface area (Å²) in [5.41, 5.74) is 0.742. The van der Waals surface area contributed by atoms with Crippen LogP contribution in [0.4, 0.5) is 0 Å². The van der Waals surface area contributed by atoms with Gasteiger partial charge < -0.3 is 4.57 Å². The van der Waals surface area contributed by atoms with Crippen LogP contribution in [0.1, 0.15) is 0 Å². The van der Waals surface area contributed by atoms with Gasteiger partial charge in [-0.05, 0) is 12.1 Å². The van der Waals surface area contributed by atoms with Crippen LogP contribution >= 0.6 is 0 Å². The van der Waals surface area contributed by atoms with Crippen LogP contribution in [-0.2, 0) is 11.3 Å². The van der Waals surface area contributed by atoms with Crippen LogP contribution in [0.2, 0.25) is 0 Å². The Morgan fingerprint density at radius 1 is 1.21 bits per heavy atom. The molecule has 0 N–H and O–H groups in total. The fourth-order valence-corrected chi connectivity index (χ4v) is 1.47. The maximum Gasteiger partial charge on any atom is 0.219 e. The van der Waals surface area contributed by atoms with Crippen LogP contribution < -0.4 is 5.43 Å². The molecule has 0 aliphatic heterocycles. The number of fused-ring (bicyclic) bond motifs is 1. The summed E-state index contributed by atoms with van der Waals surface area (Å²) in [5, 5.41) is 0.630. The van der Waals surface area contributed by atoms with E-state index in [1.54, 1.807) is 29.2 Å². The van der Waals surface area contributed by atoms with Crippen LogP contribution in [0.3, 0.4) is 0 Å². The summed E-state index contributed by atoms with van der Waals surface area (Å²) >= 11 is 0. The molecule has 0 unspecified atom stereocenters. The Hall–Kier alpha value is -1.90. The Kier molecular flexibility index (Phi) is 2.14. The summed E-state index contributed by atoms with van der Waals surface area (Å²) in [6.07, 6.45) is 3.41. The monoisotopic (exact) mass is 186 g/mol. The molecule has 0 spiro atoms. The zero-order valence-electron chi connectivity index (χ0n) is 7.43. The first kappa shape index (κ1) is 8.69. The van der Waals surface area contributed by atoms with Crippen LogP contribution in [0.5, 0.6) is 0 Å². The maximum atomic E-state index is 11.4. The van der Waals surface area contributed by atoms with Gasteiger partial charge in [0.05, 0.1) is 12.1 Å². The standard InChI is InChI=1S/C11H8NO2/c13-8-7-12-6-5-11(14)9-3-1-2-4-10(9)12/h1-6H,7H2. The molecule has 0 bridgehead atoms. The molecule has 0 saturated carbocycles. The number of rotatable bonds is 2. The lowest BCUT2D eigenvalue weighted by molar-refractivity contribution is 0.546. The molecule has 0 saturated heterocycles. The van der Waals surface area contributed by atoms with Crippen molar-refractivity contribution in [1.29, 1.82) is 0 Å². The minimum absolute atomic E-state index is 0.0252. The van der Waals surface area contributed by atoms with Gasteiger partial charge in [-0.1, -0.05) is 12.1 Å². The van der Waals surface area contributed by atoms with E-state index in [2.05, 4.69) is 0 Å². The van der Waals surface area contributed by atoms with E-state index in [4.69, 9.17) is 0 Å². The largest absolute Gasteiger partial charge is 0.339 e. The summed E-state index contributed by atoms with van der Waals surface area (Å²) in [6.45, 7) is 0.154. The van der Waals surface area contributed by atoms with Crippen molar-refractivity contribution < 1.29 is 4.79 Å². The summed E-state index contributed by atoms with van der Waals surface area (Å²) < 4.78 is 1.70. The second-order valence-corrected chi connectivity index (χ2v) is 2.97. The van der Waals surface area contributed by atoms with E-state index < -0.39 is 0 Å². The fraction of sp³-hybridized carbons (Fsp3) is 0.0909. The van der Waals surface area contributed by atoms with Crippen molar-refractivity contribution in [2.45, 2.75) is 6.54 Å². The Labute approximate surface area is 80.6 Å².